The number of allylic oxidation sites excluding steroid dienone is 6. The summed E-state index contributed by atoms with van der Waals surface area (Å²) in [5.74, 6) is -0.501. The zero-order valence-electron chi connectivity index (χ0n) is 22.9. The van der Waals surface area contributed by atoms with Crippen LogP contribution in [0.15, 0.2) is 83.3 Å². The number of nitrogens with one attached hydrogen (secondary N) is 1. The Bertz CT molecular complexity index is 1210. The highest BCUT2D eigenvalue weighted by molar-refractivity contribution is 6.37. The van der Waals surface area contributed by atoms with Gasteiger partial charge in [0.15, 0.2) is 5.78 Å². The molecule has 2 N–H and O–H groups in total. The summed E-state index contributed by atoms with van der Waals surface area (Å²) in [4.78, 5) is 27.4. The maximum atomic E-state index is 13.9. The van der Waals surface area contributed by atoms with Crippen molar-refractivity contribution in [3.05, 3.63) is 88.8 Å². The molecule has 2 aliphatic carbocycles. The van der Waals surface area contributed by atoms with Gasteiger partial charge in [0.25, 0.3) is 0 Å². The number of hydrogen-bond acceptors (Lipinski definition) is 6. The molecule has 1 aromatic carbocycles. The SMILES string of the molecule is COC1CC(C)CC2=C(c3ccccc3)C(=O)C=C(NC3=CC=CC(C3)C(OC)/C(C)=C/C(C)C1O)C2=O. The molecule has 1 aromatic rings. The fourth-order valence-electron chi connectivity index (χ4n) is 5.93. The molecule has 6 unspecified atom stereocenters. The van der Waals surface area contributed by atoms with Crippen molar-refractivity contribution in [1.82, 2.24) is 5.32 Å². The Kier molecular flexibility index (Phi) is 8.98. The molecule has 0 aromatic heterocycles. The van der Waals surface area contributed by atoms with Gasteiger partial charge in [-0.25, -0.2) is 0 Å². The Labute approximate surface area is 225 Å². The molecule has 3 aliphatic rings. The molecule has 1 aliphatic heterocycles. The second-order valence-corrected chi connectivity index (χ2v) is 10.8. The van der Waals surface area contributed by atoms with Crippen LogP contribution in [0, 0.1) is 17.8 Å². The van der Waals surface area contributed by atoms with Crippen LogP contribution in [0.2, 0.25) is 0 Å². The number of aliphatic hydroxyl groups excluding tert-OH is 1. The second-order valence-electron chi connectivity index (χ2n) is 10.8. The van der Waals surface area contributed by atoms with E-state index in [1.807, 2.05) is 63.3 Å². The summed E-state index contributed by atoms with van der Waals surface area (Å²) in [5.41, 5.74) is 3.86. The summed E-state index contributed by atoms with van der Waals surface area (Å²) < 4.78 is 11.6. The predicted octanol–water partition coefficient (Wildman–Crippen LogP) is 4.93. The summed E-state index contributed by atoms with van der Waals surface area (Å²) in [5, 5.41) is 14.5. The van der Waals surface area contributed by atoms with Crippen molar-refractivity contribution in [2.75, 3.05) is 14.2 Å². The molecule has 4 bridgehead atoms. The molecule has 4 rings (SSSR count). The molecule has 0 amide bonds. The number of carbonyl (C=O) groups excluding carboxylic acids is 2. The van der Waals surface area contributed by atoms with Gasteiger partial charge in [0.1, 0.15) is 0 Å². The molecule has 0 fully saturated rings. The van der Waals surface area contributed by atoms with Crippen LogP contribution in [0.5, 0.6) is 0 Å². The molecule has 0 saturated carbocycles. The summed E-state index contributed by atoms with van der Waals surface area (Å²) >= 11 is 0. The molecule has 6 atom stereocenters. The van der Waals surface area contributed by atoms with E-state index in [0.717, 1.165) is 16.8 Å². The van der Waals surface area contributed by atoms with Gasteiger partial charge in [-0.15, -0.1) is 0 Å². The summed E-state index contributed by atoms with van der Waals surface area (Å²) in [6.07, 6.45) is 9.72. The van der Waals surface area contributed by atoms with E-state index < -0.39 is 12.2 Å². The number of Topliss-reactive ketones (excluding diaryl/α,β-unsaturated/α-hetero) is 1. The number of rotatable bonds is 3. The maximum absolute atomic E-state index is 13.9. The van der Waals surface area contributed by atoms with Crippen LogP contribution in [-0.4, -0.2) is 49.2 Å². The van der Waals surface area contributed by atoms with Crippen molar-refractivity contribution in [3.63, 3.8) is 0 Å². The molecular weight excluding hydrogens is 478 g/mol. The molecule has 202 valence electrons. The zero-order valence-corrected chi connectivity index (χ0v) is 22.9. The highest BCUT2D eigenvalue weighted by Crippen LogP contribution is 2.35. The first-order valence-electron chi connectivity index (χ1n) is 13.4. The summed E-state index contributed by atoms with van der Waals surface area (Å²) in [7, 11) is 3.30. The van der Waals surface area contributed by atoms with Crippen LogP contribution in [0.4, 0.5) is 0 Å². The first-order chi connectivity index (χ1) is 18.2. The topological polar surface area (TPSA) is 84.9 Å². The Morgan fingerprint density at radius 3 is 2.45 bits per heavy atom. The fourth-order valence-corrected chi connectivity index (χ4v) is 5.93. The molecule has 6 nitrogen and oxygen atoms in total. The van der Waals surface area contributed by atoms with Gasteiger partial charge in [-0.2, -0.15) is 0 Å². The Balaban J connectivity index is 1.79. The highest BCUT2D eigenvalue weighted by atomic mass is 16.5. The zero-order chi connectivity index (χ0) is 27.4. The van der Waals surface area contributed by atoms with E-state index in [1.54, 1.807) is 14.2 Å². The third kappa shape index (κ3) is 5.98. The lowest BCUT2D eigenvalue weighted by molar-refractivity contribution is -0.115. The lowest BCUT2D eigenvalue weighted by Crippen LogP contribution is -2.36. The number of ether oxygens (including phenoxy) is 2. The molecular formula is C32H39NO5. The van der Waals surface area contributed by atoms with Crippen LogP contribution in [-0.2, 0) is 19.1 Å². The van der Waals surface area contributed by atoms with Crippen molar-refractivity contribution in [1.29, 1.82) is 0 Å². The van der Waals surface area contributed by atoms with Crippen molar-refractivity contribution in [3.8, 4) is 0 Å². The maximum Gasteiger partial charge on any atom is 0.206 e. The number of carbonyl (C=O) groups is 2. The number of methoxy groups -OCH3 is 2. The van der Waals surface area contributed by atoms with E-state index in [0.29, 0.717) is 36.1 Å². The lowest BCUT2D eigenvalue weighted by Gasteiger charge is -2.32. The van der Waals surface area contributed by atoms with Crippen LogP contribution in [0.3, 0.4) is 0 Å². The van der Waals surface area contributed by atoms with E-state index in [2.05, 4.69) is 17.5 Å². The largest absolute Gasteiger partial charge is 0.390 e. The van der Waals surface area contributed by atoms with Crippen LogP contribution in [0.1, 0.15) is 45.6 Å². The molecule has 0 radical (unpaired) electrons. The Hall–Kier alpha value is -3.06. The predicted molar refractivity (Wildman–Crippen MR) is 149 cm³/mol. The van der Waals surface area contributed by atoms with E-state index >= 15 is 0 Å². The minimum atomic E-state index is -0.733. The highest BCUT2D eigenvalue weighted by Gasteiger charge is 2.34. The number of aliphatic hydroxyl groups is 1. The normalized spacial score (nSPS) is 32.2. The van der Waals surface area contributed by atoms with E-state index in [4.69, 9.17) is 9.47 Å². The number of ketones is 2. The van der Waals surface area contributed by atoms with Crippen molar-refractivity contribution >= 4 is 17.1 Å². The smallest absolute Gasteiger partial charge is 0.206 e. The van der Waals surface area contributed by atoms with Crippen molar-refractivity contribution in [2.24, 2.45) is 17.8 Å². The number of benzene rings is 1. The monoisotopic (exact) mass is 517 g/mol. The standard InChI is InChI=1S/C32H39NO5/c1-19-14-25-29(22-10-7-6-8-11-22)27(34)18-26(31(25)36)33-24-13-9-12-23(17-24)32(38-5)21(3)16-20(2)30(35)28(15-19)37-4/h6-13,16,18-20,23,28,30,32-33,35H,14-15,17H2,1-5H3/b21-16+. The van der Waals surface area contributed by atoms with Gasteiger partial charge in [0.2, 0.25) is 5.78 Å². The van der Waals surface area contributed by atoms with Crippen molar-refractivity contribution < 1.29 is 24.2 Å². The van der Waals surface area contributed by atoms with E-state index in [-0.39, 0.29) is 35.4 Å². The van der Waals surface area contributed by atoms with Crippen LogP contribution in [0.25, 0.3) is 5.57 Å². The molecule has 1 heterocycles. The van der Waals surface area contributed by atoms with Gasteiger partial charge in [-0.05, 0) is 49.3 Å². The minimum absolute atomic E-state index is 0.0162. The van der Waals surface area contributed by atoms with Crippen molar-refractivity contribution in [2.45, 2.75) is 58.3 Å². The molecule has 0 spiro atoms. The second kappa shape index (κ2) is 12.2. The molecule has 0 saturated heterocycles. The van der Waals surface area contributed by atoms with E-state index in [1.165, 1.54) is 6.08 Å². The summed E-state index contributed by atoms with van der Waals surface area (Å²) in [6.45, 7) is 6.05. The molecule has 38 heavy (non-hydrogen) atoms. The Morgan fingerprint density at radius 1 is 1.03 bits per heavy atom. The van der Waals surface area contributed by atoms with Gasteiger partial charge in [0, 0.05) is 49.0 Å². The molecule has 6 heteroatoms. The first-order valence-corrected chi connectivity index (χ1v) is 13.4. The third-order valence-corrected chi connectivity index (χ3v) is 7.84. The van der Waals surface area contributed by atoms with Gasteiger partial charge in [-0.1, -0.05) is 62.4 Å². The fraction of sp³-hybridized carbons (Fsp3) is 0.438. The number of fused-ring (bicyclic) bond motifs is 4. The van der Waals surface area contributed by atoms with Crippen LogP contribution >= 0.6 is 0 Å². The number of hydrogen-bond donors (Lipinski definition) is 2. The summed E-state index contributed by atoms with van der Waals surface area (Å²) in [6, 6.07) is 9.37. The first kappa shape index (κ1) is 28.0. The minimum Gasteiger partial charge on any atom is -0.390 e. The van der Waals surface area contributed by atoms with Gasteiger partial charge >= 0.3 is 0 Å². The quantitative estimate of drug-likeness (QED) is 0.437. The van der Waals surface area contributed by atoms with Gasteiger partial charge in [-0.3, -0.25) is 9.59 Å². The lowest BCUT2D eigenvalue weighted by atomic mass is 9.81. The van der Waals surface area contributed by atoms with Gasteiger partial charge in [0.05, 0.1) is 24.0 Å². The Morgan fingerprint density at radius 2 is 1.76 bits per heavy atom. The average Bonchev–Trinajstić information content (AvgIpc) is 2.90. The third-order valence-electron chi connectivity index (χ3n) is 7.84. The van der Waals surface area contributed by atoms with Crippen LogP contribution < -0.4 is 5.32 Å². The average molecular weight is 518 g/mol. The van der Waals surface area contributed by atoms with E-state index in [9.17, 15) is 14.7 Å². The van der Waals surface area contributed by atoms with Gasteiger partial charge < -0.3 is 19.9 Å².